The summed E-state index contributed by atoms with van der Waals surface area (Å²) < 4.78 is 78.9. The second kappa shape index (κ2) is 8.65. The number of hydrogen-bond donors (Lipinski definition) is 4. The number of rotatable bonds is 1. The van der Waals surface area contributed by atoms with Crippen molar-refractivity contribution in [1.29, 1.82) is 0 Å². The van der Waals surface area contributed by atoms with Crippen LogP contribution in [0.2, 0.25) is 0 Å². The zero-order valence-corrected chi connectivity index (χ0v) is 15.6. The Bertz CT molecular complexity index is 527. The van der Waals surface area contributed by atoms with Crippen LogP contribution in [0, 0.1) is 5.92 Å². The quantitative estimate of drug-likeness (QED) is 0.491. The number of nitrogens with one attached hydrogen (secondary N) is 3. The Kier molecular flexibility index (Phi) is 6.83. The molecule has 7 atom stereocenters. The van der Waals surface area contributed by atoms with Crippen LogP contribution in [0.4, 0.5) is 22.0 Å². The fourth-order valence-corrected chi connectivity index (χ4v) is 4.12. The van der Waals surface area contributed by atoms with E-state index in [-0.39, 0.29) is 25.4 Å². The van der Waals surface area contributed by atoms with E-state index in [4.69, 9.17) is 9.47 Å². The highest BCUT2D eigenvalue weighted by Crippen LogP contribution is 2.40. The van der Waals surface area contributed by atoms with Crippen molar-refractivity contribution < 1.29 is 36.5 Å². The lowest BCUT2D eigenvalue weighted by atomic mass is 9.91. The van der Waals surface area contributed by atoms with Gasteiger partial charge in [0, 0.05) is 0 Å². The van der Waals surface area contributed by atoms with E-state index in [2.05, 4.69) is 16.2 Å². The Morgan fingerprint density at radius 2 is 1.75 bits per heavy atom. The molecular formula is C17H28F5N3O3. The number of fused-ring (bicyclic) bond motifs is 5. The summed E-state index contributed by atoms with van der Waals surface area (Å²) in [6, 6.07) is -0.537. The van der Waals surface area contributed by atoms with Gasteiger partial charge in [0.05, 0.1) is 18.1 Å². The molecule has 4 bridgehead atoms. The van der Waals surface area contributed by atoms with Gasteiger partial charge in [-0.2, -0.15) is 13.2 Å². The molecule has 0 saturated carbocycles. The van der Waals surface area contributed by atoms with Crippen LogP contribution in [0.1, 0.15) is 51.9 Å². The first-order valence-corrected chi connectivity index (χ1v) is 9.77. The molecule has 0 aliphatic carbocycles. The highest BCUT2D eigenvalue weighted by atomic mass is 19.4. The first kappa shape index (κ1) is 22.1. The van der Waals surface area contributed by atoms with Crippen molar-refractivity contribution in [3.05, 3.63) is 0 Å². The average Bonchev–Trinajstić information content (AvgIpc) is 3.09. The van der Waals surface area contributed by atoms with Gasteiger partial charge in [0.2, 0.25) is 12.0 Å². The van der Waals surface area contributed by atoms with E-state index in [1.165, 1.54) is 0 Å². The van der Waals surface area contributed by atoms with Crippen molar-refractivity contribution in [2.24, 2.45) is 5.92 Å². The minimum absolute atomic E-state index is 0.152. The average molecular weight is 417 g/mol. The van der Waals surface area contributed by atoms with E-state index in [0.717, 1.165) is 0 Å². The molecule has 0 aromatic rings. The van der Waals surface area contributed by atoms with E-state index < -0.39 is 55.3 Å². The minimum Gasteiger partial charge on any atom is -0.377 e. The smallest absolute Gasteiger partial charge is 0.377 e. The van der Waals surface area contributed by atoms with Gasteiger partial charge in [0.1, 0.15) is 12.5 Å². The van der Waals surface area contributed by atoms with Crippen LogP contribution in [-0.4, -0.2) is 54.1 Å². The van der Waals surface area contributed by atoms with Crippen LogP contribution in [-0.2, 0) is 9.47 Å². The molecule has 3 fully saturated rings. The molecule has 11 heteroatoms. The van der Waals surface area contributed by atoms with Crippen molar-refractivity contribution >= 4 is 0 Å². The number of hydrogen-bond acceptors (Lipinski definition) is 6. The molecule has 3 aliphatic heterocycles. The predicted molar refractivity (Wildman–Crippen MR) is 89.0 cm³/mol. The van der Waals surface area contributed by atoms with Gasteiger partial charge in [0.15, 0.2) is 6.23 Å². The molecule has 0 radical (unpaired) electrons. The van der Waals surface area contributed by atoms with E-state index in [9.17, 15) is 27.1 Å². The standard InChI is InChI=1S/C17H28F5N3O3/c1-9-5-3-2-4-8-16(26,17(20,21)22)15-25-24-14(28-15)11-7-6-10(12(18)19)13(23-11)27-9/h9-15,23-26H,2-8H2,1H3/t9-,10?,11?,13?,14?,15?,16-/m1/s1. The van der Waals surface area contributed by atoms with Gasteiger partial charge in [0.25, 0.3) is 0 Å². The summed E-state index contributed by atoms with van der Waals surface area (Å²) >= 11 is 0. The van der Waals surface area contributed by atoms with Crippen LogP contribution in [0.3, 0.4) is 0 Å². The van der Waals surface area contributed by atoms with Gasteiger partial charge in [-0.3, -0.25) is 5.32 Å². The molecule has 4 N–H and O–H groups in total. The summed E-state index contributed by atoms with van der Waals surface area (Å²) in [7, 11) is 0. The summed E-state index contributed by atoms with van der Waals surface area (Å²) in [5.74, 6) is -0.996. The topological polar surface area (TPSA) is 74.8 Å². The number of alkyl halides is 5. The van der Waals surface area contributed by atoms with E-state index >= 15 is 0 Å². The molecule has 3 aliphatic rings. The van der Waals surface area contributed by atoms with E-state index in [0.29, 0.717) is 19.3 Å². The van der Waals surface area contributed by atoms with Crippen LogP contribution in [0.25, 0.3) is 0 Å². The summed E-state index contributed by atoms with van der Waals surface area (Å²) in [6.07, 6.45) is -9.61. The third-order valence-corrected chi connectivity index (χ3v) is 5.88. The van der Waals surface area contributed by atoms with E-state index in [1.807, 2.05) is 0 Å². The molecule has 6 nitrogen and oxygen atoms in total. The summed E-state index contributed by atoms with van der Waals surface area (Å²) in [6.45, 7) is 1.77. The number of aliphatic hydroxyl groups is 1. The second-order valence-corrected chi connectivity index (χ2v) is 7.96. The SMILES string of the molecule is C[C@@H]1CCCCC[C@](O)(C(F)(F)F)C2NNC(O2)C2CCC(C(F)F)C(N2)O1. The second-order valence-electron chi connectivity index (χ2n) is 7.96. The van der Waals surface area contributed by atoms with Crippen molar-refractivity contribution in [1.82, 2.24) is 16.2 Å². The normalized spacial score (nSPS) is 43.7. The van der Waals surface area contributed by atoms with Gasteiger partial charge in [-0.25, -0.2) is 19.6 Å². The molecule has 0 aromatic carbocycles. The first-order chi connectivity index (χ1) is 13.1. The minimum atomic E-state index is -4.88. The lowest BCUT2D eigenvalue weighted by Crippen LogP contribution is -2.59. The maximum absolute atomic E-state index is 13.6. The summed E-state index contributed by atoms with van der Waals surface area (Å²) in [5, 5.41) is 13.4. The number of hydrazine groups is 1. The highest BCUT2D eigenvalue weighted by molar-refractivity contribution is 4.97. The molecule has 0 aromatic heterocycles. The van der Waals surface area contributed by atoms with Crippen LogP contribution < -0.4 is 16.2 Å². The molecule has 3 heterocycles. The Balaban J connectivity index is 1.80. The monoisotopic (exact) mass is 417 g/mol. The van der Waals surface area contributed by atoms with E-state index in [1.54, 1.807) is 6.92 Å². The Labute approximate surface area is 160 Å². The lowest BCUT2D eigenvalue weighted by molar-refractivity contribution is -0.300. The van der Waals surface area contributed by atoms with Gasteiger partial charge in [-0.15, -0.1) is 0 Å². The molecule has 3 saturated heterocycles. The predicted octanol–water partition coefficient (Wildman–Crippen LogP) is 2.38. The van der Waals surface area contributed by atoms with Gasteiger partial charge in [-0.05, 0) is 32.6 Å². The fourth-order valence-electron chi connectivity index (χ4n) is 4.12. The van der Waals surface area contributed by atoms with Crippen LogP contribution >= 0.6 is 0 Å². The van der Waals surface area contributed by atoms with Crippen LogP contribution in [0.5, 0.6) is 0 Å². The Hall–Kier alpha value is -0.590. The van der Waals surface area contributed by atoms with Crippen molar-refractivity contribution in [2.45, 2.75) is 101 Å². The fraction of sp³-hybridized carbons (Fsp3) is 1.00. The first-order valence-electron chi connectivity index (χ1n) is 9.77. The van der Waals surface area contributed by atoms with Crippen molar-refractivity contribution in [3.8, 4) is 0 Å². The molecular weight excluding hydrogens is 389 g/mol. The van der Waals surface area contributed by atoms with Gasteiger partial charge in [-0.1, -0.05) is 19.3 Å². The third-order valence-electron chi connectivity index (χ3n) is 5.88. The maximum atomic E-state index is 13.6. The Morgan fingerprint density at radius 3 is 2.43 bits per heavy atom. The zero-order valence-electron chi connectivity index (χ0n) is 15.6. The Morgan fingerprint density at radius 1 is 1.00 bits per heavy atom. The lowest BCUT2D eigenvalue weighted by Gasteiger charge is -2.40. The third kappa shape index (κ3) is 4.59. The summed E-state index contributed by atoms with van der Waals surface area (Å²) in [5.41, 5.74) is 1.98. The zero-order chi connectivity index (χ0) is 20.5. The molecule has 164 valence electrons. The molecule has 0 amide bonds. The number of ether oxygens (including phenoxy) is 2. The van der Waals surface area contributed by atoms with Crippen molar-refractivity contribution in [3.63, 3.8) is 0 Å². The molecule has 0 spiro atoms. The number of halogens is 5. The summed E-state index contributed by atoms with van der Waals surface area (Å²) in [4.78, 5) is 0. The largest absolute Gasteiger partial charge is 0.421 e. The molecule has 5 unspecified atom stereocenters. The van der Waals surface area contributed by atoms with Crippen LogP contribution in [0.15, 0.2) is 0 Å². The van der Waals surface area contributed by atoms with Gasteiger partial charge < -0.3 is 14.6 Å². The number of piperidine rings is 1. The highest BCUT2D eigenvalue weighted by Gasteiger charge is 2.61. The maximum Gasteiger partial charge on any atom is 0.421 e. The molecule has 3 rings (SSSR count). The van der Waals surface area contributed by atoms with Crippen molar-refractivity contribution in [2.75, 3.05) is 0 Å². The molecule has 28 heavy (non-hydrogen) atoms. The van der Waals surface area contributed by atoms with Gasteiger partial charge >= 0.3 is 6.18 Å².